The number of carbonyl (C=O) groups is 2. The summed E-state index contributed by atoms with van der Waals surface area (Å²) < 4.78 is 15.9. The van der Waals surface area contributed by atoms with E-state index in [0.717, 1.165) is 56.0 Å². The van der Waals surface area contributed by atoms with Crippen molar-refractivity contribution in [2.75, 3.05) is 22.5 Å². The van der Waals surface area contributed by atoms with Crippen LogP contribution >= 0.6 is 0 Å². The number of hydrogen-bond acceptors (Lipinski definition) is 9. The lowest BCUT2D eigenvalue weighted by atomic mass is 10.1. The van der Waals surface area contributed by atoms with Crippen molar-refractivity contribution in [2.45, 2.75) is 6.92 Å². The second-order valence-corrected chi connectivity index (χ2v) is 14.5. The summed E-state index contributed by atoms with van der Waals surface area (Å²) in [5, 5.41) is 32.8. The molecular weight excluding hydrogens is 820 g/mol. The Bertz CT molecular complexity index is 3240. The number of terminal acetylenes is 1. The third kappa shape index (κ3) is 10.5. The third-order valence-electron chi connectivity index (χ3n) is 9.92. The fourth-order valence-electron chi connectivity index (χ4n) is 6.82. The van der Waals surface area contributed by atoms with Crippen LogP contribution in [-0.2, 0) is 7.05 Å². The minimum atomic E-state index is -0.531. The maximum atomic E-state index is 14.4. The maximum Gasteiger partial charge on any atom is 0.274 e. The molecule has 9 rings (SSSR count). The van der Waals surface area contributed by atoms with Crippen LogP contribution in [0.3, 0.4) is 0 Å². The summed E-state index contributed by atoms with van der Waals surface area (Å²) in [6.45, 7) is 1.97. The normalized spacial score (nSPS) is 11.0. The first-order chi connectivity index (χ1) is 31.7. The van der Waals surface area contributed by atoms with E-state index in [4.69, 9.17) is 6.42 Å². The topological polar surface area (TPSA) is 183 Å². The summed E-state index contributed by atoms with van der Waals surface area (Å²) in [4.78, 5) is 33.5. The minimum absolute atomic E-state index is 0.0726. The lowest BCUT2D eigenvalue weighted by Crippen LogP contribution is -2.24. The summed E-state index contributed by atoms with van der Waals surface area (Å²) in [7, 11) is 1.67. The highest BCUT2D eigenvalue weighted by Crippen LogP contribution is 2.28. The van der Waals surface area contributed by atoms with Gasteiger partial charge in [-0.1, -0.05) is 30.2 Å². The molecule has 0 atom stereocenters. The molecular formula is C50H41FN12O2. The Hall–Kier alpha value is -9.16. The summed E-state index contributed by atoms with van der Waals surface area (Å²) >= 11 is 0. The summed E-state index contributed by atoms with van der Waals surface area (Å²) in [5.41, 5.74) is 9.66. The van der Waals surface area contributed by atoms with Gasteiger partial charge in [-0.05, 0) is 128 Å². The molecule has 5 heterocycles. The van der Waals surface area contributed by atoms with E-state index < -0.39 is 11.7 Å². The van der Waals surface area contributed by atoms with Crippen LogP contribution in [0.2, 0.25) is 0 Å². The fraction of sp³-hybridized carbons (Fsp3) is 0.0600. The van der Waals surface area contributed by atoms with E-state index in [0.29, 0.717) is 28.3 Å². The Labute approximate surface area is 372 Å². The van der Waals surface area contributed by atoms with Gasteiger partial charge in [0.15, 0.2) is 0 Å². The smallest absolute Gasteiger partial charge is 0.274 e. The number of H-pyrrole nitrogens is 2. The van der Waals surface area contributed by atoms with Gasteiger partial charge >= 0.3 is 0 Å². The van der Waals surface area contributed by atoms with Crippen LogP contribution in [0.5, 0.6) is 0 Å². The molecule has 0 aliphatic rings. The van der Waals surface area contributed by atoms with Crippen molar-refractivity contribution in [1.82, 2.24) is 45.5 Å². The number of para-hydroxylation sites is 1. The van der Waals surface area contributed by atoms with E-state index in [2.05, 4.69) is 62.6 Å². The zero-order chi connectivity index (χ0) is 45.1. The molecule has 5 aromatic heterocycles. The molecule has 2 amide bonds. The second-order valence-electron chi connectivity index (χ2n) is 14.5. The molecule has 0 unspecified atom stereocenters. The molecule has 0 spiro atoms. The van der Waals surface area contributed by atoms with Crippen molar-refractivity contribution in [1.29, 1.82) is 0 Å². The van der Waals surface area contributed by atoms with Crippen molar-refractivity contribution >= 4 is 86.4 Å². The highest BCUT2D eigenvalue weighted by molar-refractivity contribution is 6.04. The molecule has 0 bridgehead atoms. The molecule has 9 aromatic rings. The van der Waals surface area contributed by atoms with Gasteiger partial charge in [0.25, 0.3) is 11.8 Å². The van der Waals surface area contributed by atoms with E-state index in [-0.39, 0.29) is 18.1 Å². The Morgan fingerprint density at radius 1 is 0.692 bits per heavy atom. The molecule has 15 heteroatoms. The van der Waals surface area contributed by atoms with Gasteiger partial charge in [0, 0.05) is 47.3 Å². The summed E-state index contributed by atoms with van der Waals surface area (Å²) in [5.74, 6) is 1.22. The highest BCUT2D eigenvalue weighted by atomic mass is 19.1. The molecule has 0 saturated heterocycles. The maximum absolute atomic E-state index is 14.4. The number of nitrogens with zero attached hydrogens (tertiary/aromatic N) is 6. The molecule has 4 aromatic carbocycles. The van der Waals surface area contributed by atoms with Gasteiger partial charge in [-0.3, -0.25) is 34.4 Å². The van der Waals surface area contributed by atoms with E-state index in [1.807, 2.05) is 115 Å². The number of benzene rings is 4. The Morgan fingerprint density at radius 3 is 1.86 bits per heavy atom. The van der Waals surface area contributed by atoms with Crippen LogP contribution in [0.25, 0.3) is 46.1 Å². The van der Waals surface area contributed by atoms with Gasteiger partial charge in [-0.15, -0.1) is 6.42 Å². The SMILES string of the molecule is C#CCNC(=O)c1ccccc1Nc1ccc2c(/C=C/c3ccccn3)n[nH]c2c1.Cc1cc(C(=O)Nc2cc(Nc3ccc4c(/C=C/c5ccccn5)n[nH]c4c3)ccc2F)n(C)n1. The first-order valence-electron chi connectivity index (χ1n) is 20.3. The van der Waals surface area contributed by atoms with Gasteiger partial charge < -0.3 is 21.3 Å². The van der Waals surface area contributed by atoms with Gasteiger partial charge in [0.1, 0.15) is 11.5 Å². The molecule has 0 fully saturated rings. The predicted octanol–water partition coefficient (Wildman–Crippen LogP) is 9.54. The fourth-order valence-corrected chi connectivity index (χ4v) is 6.82. The van der Waals surface area contributed by atoms with E-state index in [1.165, 1.54) is 10.7 Å². The second kappa shape index (κ2) is 19.7. The molecule has 14 nitrogen and oxygen atoms in total. The monoisotopic (exact) mass is 860 g/mol. The summed E-state index contributed by atoms with van der Waals surface area (Å²) in [6.07, 6.45) is 16.4. The quantitative estimate of drug-likeness (QED) is 0.0652. The van der Waals surface area contributed by atoms with E-state index in [1.54, 1.807) is 50.6 Å². The summed E-state index contributed by atoms with van der Waals surface area (Å²) in [6, 6.07) is 36.6. The Kier molecular flexibility index (Phi) is 12.9. The average molecular weight is 861 g/mol. The number of nitrogens with one attached hydrogen (secondary N) is 6. The molecule has 0 aliphatic heterocycles. The number of fused-ring (bicyclic) bond motifs is 2. The van der Waals surface area contributed by atoms with Crippen LogP contribution in [0, 0.1) is 25.1 Å². The number of anilines is 5. The number of carbonyl (C=O) groups excluding carboxylic acids is 2. The number of aromatic amines is 2. The first kappa shape index (κ1) is 42.5. The third-order valence-corrected chi connectivity index (χ3v) is 9.92. The number of halogens is 1. The lowest BCUT2D eigenvalue weighted by molar-refractivity contribution is 0.0958. The van der Waals surface area contributed by atoms with E-state index in [9.17, 15) is 14.0 Å². The number of aromatic nitrogens is 8. The zero-order valence-electron chi connectivity index (χ0n) is 35.2. The molecule has 65 heavy (non-hydrogen) atoms. The number of rotatable bonds is 12. The average Bonchev–Trinajstić information content (AvgIpc) is 4.04. The van der Waals surface area contributed by atoms with Crippen LogP contribution in [0.15, 0.2) is 134 Å². The standard InChI is InChI=1S/C26H22FN7O.C24H19N5O/c1-16-13-25(34(2)33-16)26(35)30-24-15-19(7-10-21(24)27)29-18-6-9-20-22(31-32-23(20)14-18)11-8-17-5-3-4-12-28-17;1-2-14-26-24(30)20-8-3-4-9-21(20)27-18-10-12-19-22(28-29-23(19)16-18)13-11-17-7-5-6-15-25-17/h3-15,29H,1-2H3,(H,30,35)(H,31,32);1,3-13,15-16,27H,14H2,(H,26,30)(H,28,29)/b11-8+;13-11+. The molecule has 0 aliphatic carbocycles. The minimum Gasteiger partial charge on any atom is -0.355 e. The predicted molar refractivity (Wildman–Crippen MR) is 255 cm³/mol. The highest BCUT2D eigenvalue weighted by Gasteiger charge is 2.16. The Balaban J connectivity index is 0.000000179. The molecule has 0 radical (unpaired) electrons. The van der Waals surface area contributed by atoms with Gasteiger partial charge in [0.05, 0.1) is 63.0 Å². The molecule has 320 valence electrons. The largest absolute Gasteiger partial charge is 0.355 e. The van der Waals surface area contributed by atoms with Crippen molar-refractivity contribution in [3.63, 3.8) is 0 Å². The van der Waals surface area contributed by atoms with E-state index >= 15 is 0 Å². The van der Waals surface area contributed by atoms with Crippen molar-refractivity contribution < 1.29 is 14.0 Å². The lowest BCUT2D eigenvalue weighted by Gasteiger charge is -2.11. The molecule has 0 saturated carbocycles. The van der Waals surface area contributed by atoms with Gasteiger partial charge in [0.2, 0.25) is 0 Å². The number of pyridine rings is 2. The van der Waals surface area contributed by atoms with Crippen molar-refractivity contribution in [3.8, 4) is 12.3 Å². The number of amides is 2. The van der Waals surface area contributed by atoms with Crippen molar-refractivity contribution in [3.05, 3.63) is 179 Å². The number of hydrogen-bond donors (Lipinski definition) is 6. The van der Waals surface area contributed by atoms with Gasteiger partial charge in [-0.25, -0.2) is 4.39 Å². The number of aryl methyl sites for hydroxylation is 2. The Morgan fingerprint density at radius 2 is 1.28 bits per heavy atom. The van der Waals surface area contributed by atoms with Crippen LogP contribution in [0.4, 0.5) is 32.8 Å². The van der Waals surface area contributed by atoms with Gasteiger partial charge in [-0.2, -0.15) is 15.3 Å². The van der Waals surface area contributed by atoms with Crippen LogP contribution in [-0.4, -0.2) is 58.5 Å². The van der Waals surface area contributed by atoms with Crippen LogP contribution in [0.1, 0.15) is 49.3 Å². The van der Waals surface area contributed by atoms with Crippen molar-refractivity contribution in [2.24, 2.45) is 7.05 Å². The van der Waals surface area contributed by atoms with Crippen LogP contribution < -0.4 is 21.3 Å². The first-order valence-corrected chi connectivity index (χ1v) is 20.3. The molecule has 6 N–H and O–H groups in total. The zero-order valence-corrected chi connectivity index (χ0v) is 35.2.